The summed E-state index contributed by atoms with van der Waals surface area (Å²) in [7, 11) is 0. The van der Waals surface area contributed by atoms with Crippen LogP contribution in [-0.2, 0) is 0 Å². The average Bonchev–Trinajstić information content (AvgIpc) is 3.02. The molecule has 15 heavy (non-hydrogen) atoms. The maximum Gasteiger partial charge on any atom is 0.0294 e. The first-order valence-corrected chi connectivity index (χ1v) is 6.02. The van der Waals surface area contributed by atoms with Crippen molar-refractivity contribution in [3.8, 4) is 0 Å². The van der Waals surface area contributed by atoms with E-state index in [4.69, 9.17) is 0 Å². The van der Waals surface area contributed by atoms with Gasteiger partial charge in [0.15, 0.2) is 0 Å². The number of nitrogens with one attached hydrogen (secondary N) is 1. The van der Waals surface area contributed by atoms with Crippen molar-refractivity contribution in [1.82, 2.24) is 5.32 Å². The lowest BCUT2D eigenvalue weighted by Gasteiger charge is -2.14. The molecule has 1 aliphatic carbocycles. The minimum absolute atomic E-state index is 0.499. The molecule has 1 aromatic rings. The molecule has 0 saturated heterocycles. The van der Waals surface area contributed by atoms with Gasteiger partial charge in [-0.25, -0.2) is 0 Å². The molecule has 1 saturated carbocycles. The highest BCUT2D eigenvalue weighted by molar-refractivity contribution is 5.26. The van der Waals surface area contributed by atoms with Gasteiger partial charge in [-0.2, -0.15) is 0 Å². The molecule has 0 amide bonds. The number of rotatable bonds is 4. The third-order valence-electron chi connectivity index (χ3n) is 3.17. The van der Waals surface area contributed by atoms with Gasteiger partial charge in [-0.3, -0.25) is 0 Å². The van der Waals surface area contributed by atoms with E-state index in [1.54, 1.807) is 0 Å². The zero-order chi connectivity index (χ0) is 10.8. The van der Waals surface area contributed by atoms with E-state index in [1.165, 1.54) is 24.0 Å². The van der Waals surface area contributed by atoms with Crippen LogP contribution in [-0.4, -0.2) is 6.04 Å². The monoisotopic (exact) mass is 203 g/mol. The molecule has 1 aromatic carbocycles. The first-order chi connectivity index (χ1) is 7.16. The Balaban J connectivity index is 2.01. The van der Waals surface area contributed by atoms with Gasteiger partial charge in [-0.15, -0.1) is 0 Å². The van der Waals surface area contributed by atoms with Gasteiger partial charge in [0.05, 0.1) is 0 Å². The van der Waals surface area contributed by atoms with Crippen molar-refractivity contribution >= 4 is 0 Å². The molecule has 0 aromatic heterocycles. The van der Waals surface area contributed by atoms with E-state index in [1.807, 2.05) is 0 Å². The quantitative estimate of drug-likeness (QED) is 0.788. The molecule has 82 valence electrons. The van der Waals surface area contributed by atoms with Crippen LogP contribution in [0.3, 0.4) is 0 Å². The Labute approximate surface area is 92.9 Å². The van der Waals surface area contributed by atoms with Gasteiger partial charge in [-0.1, -0.05) is 38.1 Å². The van der Waals surface area contributed by atoms with Gasteiger partial charge in [-0.05, 0) is 36.8 Å². The Morgan fingerprint density at radius 3 is 2.00 bits per heavy atom. The summed E-state index contributed by atoms with van der Waals surface area (Å²) in [6.45, 7) is 6.73. The standard InChI is InChI=1S/C14H21N/c1-10(2)12-4-6-13(7-5-12)11(3)15-14-8-9-14/h4-7,10-11,14-15H,8-9H2,1-3H3/t11-/m0/s1. The summed E-state index contributed by atoms with van der Waals surface area (Å²) in [4.78, 5) is 0. The molecule has 1 atom stereocenters. The summed E-state index contributed by atoms with van der Waals surface area (Å²) in [5.74, 6) is 0.630. The van der Waals surface area contributed by atoms with E-state index in [2.05, 4.69) is 50.4 Å². The first-order valence-electron chi connectivity index (χ1n) is 6.02. The largest absolute Gasteiger partial charge is 0.307 e. The molecule has 0 unspecified atom stereocenters. The first kappa shape index (κ1) is 10.7. The summed E-state index contributed by atoms with van der Waals surface area (Å²) in [5, 5.41) is 3.62. The molecule has 1 N–H and O–H groups in total. The third-order valence-corrected chi connectivity index (χ3v) is 3.17. The van der Waals surface area contributed by atoms with Crippen molar-refractivity contribution in [2.24, 2.45) is 0 Å². The Morgan fingerprint density at radius 1 is 1.00 bits per heavy atom. The van der Waals surface area contributed by atoms with Crippen LogP contribution < -0.4 is 5.32 Å². The van der Waals surface area contributed by atoms with E-state index >= 15 is 0 Å². The van der Waals surface area contributed by atoms with E-state index < -0.39 is 0 Å². The SMILES string of the molecule is CC(C)c1ccc([C@H](C)NC2CC2)cc1. The fraction of sp³-hybridized carbons (Fsp3) is 0.571. The van der Waals surface area contributed by atoms with Crippen LogP contribution in [0.4, 0.5) is 0 Å². The lowest BCUT2D eigenvalue weighted by molar-refractivity contribution is 0.571. The predicted molar refractivity (Wildman–Crippen MR) is 65.1 cm³/mol. The second kappa shape index (κ2) is 4.36. The topological polar surface area (TPSA) is 12.0 Å². The molecule has 1 aliphatic rings. The van der Waals surface area contributed by atoms with Crippen molar-refractivity contribution in [1.29, 1.82) is 0 Å². The number of hydrogen-bond donors (Lipinski definition) is 1. The van der Waals surface area contributed by atoms with E-state index in [-0.39, 0.29) is 0 Å². The molecule has 2 rings (SSSR count). The minimum atomic E-state index is 0.499. The van der Waals surface area contributed by atoms with Gasteiger partial charge < -0.3 is 5.32 Å². The molecule has 0 radical (unpaired) electrons. The summed E-state index contributed by atoms with van der Waals surface area (Å²) >= 11 is 0. The maximum absolute atomic E-state index is 3.62. The lowest BCUT2D eigenvalue weighted by atomic mass is 9.99. The maximum atomic E-state index is 3.62. The Bertz CT molecular complexity index is 309. The van der Waals surface area contributed by atoms with Crippen molar-refractivity contribution < 1.29 is 0 Å². The van der Waals surface area contributed by atoms with E-state index in [9.17, 15) is 0 Å². The lowest BCUT2D eigenvalue weighted by Crippen LogP contribution is -2.20. The van der Waals surface area contributed by atoms with Crippen molar-refractivity contribution in [2.75, 3.05) is 0 Å². The molecule has 0 bridgehead atoms. The van der Waals surface area contributed by atoms with Gasteiger partial charge in [0.1, 0.15) is 0 Å². The van der Waals surface area contributed by atoms with Crippen LogP contribution in [0.15, 0.2) is 24.3 Å². The highest BCUT2D eigenvalue weighted by Crippen LogP contribution is 2.24. The Kier molecular flexibility index (Phi) is 3.11. The zero-order valence-corrected chi connectivity index (χ0v) is 9.96. The molecule has 1 nitrogen and oxygen atoms in total. The number of hydrogen-bond acceptors (Lipinski definition) is 1. The molecule has 1 fully saturated rings. The summed E-state index contributed by atoms with van der Waals surface area (Å²) in [5.41, 5.74) is 2.84. The Hall–Kier alpha value is -0.820. The van der Waals surface area contributed by atoms with Crippen molar-refractivity contribution in [3.63, 3.8) is 0 Å². The normalized spacial score (nSPS) is 18.1. The fourth-order valence-electron chi connectivity index (χ4n) is 1.87. The highest BCUT2D eigenvalue weighted by Gasteiger charge is 2.23. The van der Waals surface area contributed by atoms with E-state index in [0.717, 1.165) is 6.04 Å². The fourth-order valence-corrected chi connectivity index (χ4v) is 1.87. The predicted octanol–water partition coefficient (Wildman–Crippen LogP) is 3.62. The van der Waals surface area contributed by atoms with Crippen LogP contribution in [0.2, 0.25) is 0 Å². The molecule has 1 heteroatoms. The van der Waals surface area contributed by atoms with Crippen molar-refractivity contribution in [3.05, 3.63) is 35.4 Å². The molecular weight excluding hydrogens is 182 g/mol. The second-order valence-electron chi connectivity index (χ2n) is 4.98. The molecular formula is C14H21N. The van der Waals surface area contributed by atoms with Crippen LogP contribution in [0.5, 0.6) is 0 Å². The van der Waals surface area contributed by atoms with Crippen LogP contribution in [0.25, 0.3) is 0 Å². The minimum Gasteiger partial charge on any atom is -0.307 e. The second-order valence-corrected chi connectivity index (χ2v) is 4.98. The summed E-state index contributed by atoms with van der Waals surface area (Å²) in [6, 6.07) is 10.3. The number of benzene rings is 1. The van der Waals surface area contributed by atoms with E-state index in [0.29, 0.717) is 12.0 Å². The van der Waals surface area contributed by atoms with Gasteiger partial charge >= 0.3 is 0 Å². The van der Waals surface area contributed by atoms with Crippen LogP contribution in [0, 0.1) is 0 Å². The molecule has 0 heterocycles. The third kappa shape index (κ3) is 2.82. The summed E-state index contributed by atoms with van der Waals surface area (Å²) in [6.07, 6.45) is 2.71. The zero-order valence-electron chi connectivity index (χ0n) is 9.96. The Morgan fingerprint density at radius 2 is 1.53 bits per heavy atom. The molecule has 0 aliphatic heterocycles. The van der Waals surface area contributed by atoms with Gasteiger partial charge in [0.2, 0.25) is 0 Å². The van der Waals surface area contributed by atoms with Crippen LogP contribution in [0.1, 0.15) is 56.7 Å². The van der Waals surface area contributed by atoms with Gasteiger partial charge in [0, 0.05) is 12.1 Å². The van der Waals surface area contributed by atoms with Crippen molar-refractivity contribution in [2.45, 2.75) is 51.6 Å². The van der Waals surface area contributed by atoms with Gasteiger partial charge in [0.25, 0.3) is 0 Å². The van der Waals surface area contributed by atoms with Crippen LogP contribution >= 0.6 is 0 Å². The summed E-state index contributed by atoms with van der Waals surface area (Å²) < 4.78 is 0. The average molecular weight is 203 g/mol. The highest BCUT2D eigenvalue weighted by atomic mass is 15.0. The smallest absolute Gasteiger partial charge is 0.0294 e. The molecule has 0 spiro atoms.